The summed E-state index contributed by atoms with van der Waals surface area (Å²) >= 11 is 17.2. The van der Waals surface area contributed by atoms with Crippen molar-refractivity contribution in [3.63, 3.8) is 0 Å². The van der Waals surface area contributed by atoms with E-state index in [2.05, 4.69) is 68.3 Å². The summed E-state index contributed by atoms with van der Waals surface area (Å²) in [6.45, 7) is 19.1. The number of carbonyl (C=O) groups is 8. The highest BCUT2D eigenvalue weighted by molar-refractivity contribution is 6.18. The van der Waals surface area contributed by atoms with Crippen molar-refractivity contribution in [2.24, 2.45) is 0 Å². The van der Waals surface area contributed by atoms with Gasteiger partial charge >= 0.3 is 30.1 Å². The van der Waals surface area contributed by atoms with Crippen LogP contribution in [0.1, 0.15) is 219 Å². The number of aromatic nitrogens is 8. The summed E-state index contributed by atoms with van der Waals surface area (Å²) in [5, 5.41) is 29.8. The number of nitrogens with one attached hydrogen (secondary N) is 4. The van der Waals surface area contributed by atoms with Gasteiger partial charge in [-0.15, -0.1) is 34.8 Å². The average molecular weight is 1780 g/mol. The van der Waals surface area contributed by atoms with Gasteiger partial charge in [0.15, 0.2) is 11.5 Å². The van der Waals surface area contributed by atoms with E-state index in [1.54, 1.807) is 91.5 Å². The van der Waals surface area contributed by atoms with Crippen LogP contribution in [0, 0.1) is 20.8 Å². The number of rotatable bonds is 26. The summed E-state index contributed by atoms with van der Waals surface area (Å²) in [4.78, 5) is 106. The van der Waals surface area contributed by atoms with E-state index in [9.17, 15) is 51.5 Å². The Bertz CT molecular complexity index is 5780. The van der Waals surface area contributed by atoms with Crippen molar-refractivity contribution < 1.29 is 70.5 Å². The van der Waals surface area contributed by atoms with Crippen molar-refractivity contribution >= 4 is 105 Å². The lowest BCUT2D eigenvalue weighted by atomic mass is 9.92. The number of esters is 4. The summed E-state index contributed by atoms with van der Waals surface area (Å²) in [6.07, 6.45) is -5.04. The first-order valence-corrected chi connectivity index (χ1v) is 42.5. The zero-order valence-electron chi connectivity index (χ0n) is 71.7. The molecule has 11 aromatic rings. The lowest BCUT2D eigenvalue weighted by Gasteiger charge is -2.22. The maximum absolute atomic E-state index is 14.4. The van der Waals surface area contributed by atoms with Crippen molar-refractivity contribution in [3.8, 4) is 0 Å². The fourth-order valence-corrected chi connectivity index (χ4v) is 16.2. The van der Waals surface area contributed by atoms with Crippen LogP contribution in [-0.4, -0.2) is 141 Å². The number of carbonyl (C=O) groups excluding carboxylic acids is 8. The largest absolute Gasteiger partial charge is 0.465 e. The van der Waals surface area contributed by atoms with Gasteiger partial charge in [-0.1, -0.05) is 128 Å². The van der Waals surface area contributed by atoms with Crippen molar-refractivity contribution in [2.45, 2.75) is 149 Å². The van der Waals surface area contributed by atoms with Crippen LogP contribution in [0.15, 0.2) is 170 Å². The number of benzene rings is 7. The van der Waals surface area contributed by atoms with Crippen molar-refractivity contribution in [3.05, 3.63) is 293 Å². The van der Waals surface area contributed by atoms with Crippen LogP contribution in [0.2, 0.25) is 0 Å². The quantitative estimate of drug-likeness (QED) is 0.0169. The predicted octanol–water partition coefficient (Wildman–Crippen LogP) is 16.2. The zero-order chi connectivity index (χ0) is 90.4. The number of aryl methyl sites for hydroxylation is 3. The fourth-order valence-electron chi connectivity index (χ4n) is 15.7. The minimum absolute atomic E-state index is 0.143. The molecule has 4 N–H and O–H groups in total. The fraction of sp³-hybridized carbons (Fsp3) is 0.333. The van der Waals surface area contributed by atoms with Crippen LogP contribution in [0.3, 0.4) is 0 Å². The van der Waals surface area contributed by atoms with E-state index >= 15 is 0 Å². The number of halogens is 6. The Morgan fingerprint density at radius 2 is 0.698 bits per heavy atom. The van der Waals surface area contributed by atoms with Crippen LogP contribution in [0.4, 0.5) is 36.4 Å². The number of fused-ring (bicyclic) bond motifs is 4. The molecule has 7 aromatic carbocycles. The summed E-state index contributed by atoms with van der Waals surface area (Å²) in [5.41, 5.74) is 13.2. The molecular formula is C93H99Cl3F3N15O12. The maximum atomic E-state index is 14.4. The lowest BCUT2D eigenvalue weighted by molar-refractivity contribution is -0.141. The molecule has 660 valence electrons. The highest BCUT2D eigenvalue weighted by Gasteiger charge is 2.45. The van der Waals surface area contributed by atoms with Gasteiger partial charge in [-0.25, -0.2) is 37.9 Å². The second-order valence-electron chi connectivity index (χ2n) is 30.9. The molecule has 27 nitrogen and oxygen atoms in total. The molecule has 0 saturated heterocycles. The summed E-state index contributed by atoms with van der Waals surface area (Å²) in [5.74, 6) is 0.595. The minimum Gasteiger partial charge on any atom is -0.465 e. The SMILES string of the molecule is COC(=O)c1ccc([C@H](C)CC(=O)c2c(C(F)(F)F)nn3c2N(Cc2cccc(CN4CCn5nc(C)c(C(=O)N[C@@H](C)c6ccc(C(=O)OC)cc6)c54)c2)CC3)cc1.COC(=O)c1ccc([C@H](C)NC(=O)c2c(C)nn3c2N(Cc2cccc(CCl)c2)CC3)cc1.COC(=O)c1ccc([C@H](C)NC(=O)c2c(C)nn3c2NCC3)cc1.ClCc1cccc(CCl)c1. The van der Waals surface area contributed by atoms with Gasteiger partial charge in [0.2, 0.25) is 0 Å². The lowest BCUT2D eigenvalue weighted by Crippen LogP contribution is -2.29. The van der Waals surface area contributed by atoms with E-state index in [0.29, 0.717) is 118 Å². The number of anilines is 4. The molecule has 0 spiro atoms. The first kappa shape index (κ1) is 92.4. The van der Waals surface area contributed by atoms with Gasteiger partial charge < -0.3 is 54.9 Å². The van der Waals surface area contributed by atoms with Crippen LogP contribution < -0.4 is 36.0 Å². The molecule has 15 rings (SSSR count). The smallest absolute Gasteiger partial charge is 0.435 e. The maximum Gasteiger partial charge on any atom is 0.435 e. The zero-order valence-corrected chi connectivity index (χ0v) is 73.9. The molecule has 8 heterocycles. The van der Waals surface area contributed by atoms with E-state index in [1.807, 2.05) is 134 Å². The van der Waals surface area contributed by atoms with Gasteiger partial charge in [0.05, 0.1) is 118 Å². The van der Waals surface area contributed by atoms with E-state index in [-0.39, 0.29) is 73.1 Å². The molecule has 33 heteroatoms. The number of alkyl halides is 6. The van der Waals surface area contributed by atoms with Gasteiger partial charge in [0, 0.05) is 69.9 Å². The van der Waals surface area contributed by atoms with E-state index in [4.69, 9.17) is 49.0 Å². The number of hydrogen-bond acceptors (Lipinski definition) is 20. The van der Waals surface area contributed by atoms with Gasteiger partial charge in [0.25, 0.3) is 17.7 Å². The standard InChI is InChI=1S/C43H44F3N7O6.C25H27ClN4O3.C17H20N4O3.C8H8Cl2/c1-25(30-9-13-32(14-10-30)41(56)58-4)21-34(54)36-37(43(44,45)46)49-53-20-18-51(40(36)53)24-29-8-6-7-28(22-29)23-50-17-19-52-39(50)35(27(3)48-52)38(55)47-26(2)31-11-15-33(16-12-31)42(57)59-5;1-16(20-7-9-21(10-8-20)25(32)33-3)27-23(31)22-17(2)28-30-12-11-29(24(22)30)15-19-6-4-5-18(13-19)14-26;1-10(12-4-6-13(7-5-12)17(23)24-3)19-16(22)14-11(2)20-21-9-8-18-15(14)21;9-5-7-2-1-3-8(4-7)6-10/h6-16,22,25-26H,17-21,23-24H2,1-5H3,(H,47,55);4-10,13,16H,11-12,14-15H2,1-3H3,(H,27,31);4-7,10,18H,8-9H2,1-3H3,(H,19,22);1-4H,5-6H2/t25-,26+;16-;10-;/m100./s1. The molecule has 0 saturated carbocycles. The van der Waals surface area contributed by atoms with E-state index in [0.717, 1.165) is 87.9 Å². The average Bonchev–Trinajstić information content (AvgIpc) is 1.59. The van der Waals surface area contributed by atoms with E-state index < -0.39 is 41.1 Å². The molecule has 4 aliphatic heterocycles. The van der Waals surface area contributed by atoms with Crippen molar-refractivity contribution in [1.82, 2.24) is 55.1 Å². The van der Waals surface area contributed by atoms with Crippen molar-refractivity contribution in [1.29, 1.82) is 0 Å². The Hall–Kier alpha value is -12.8. The van der Waals surface area contributed by atoms with Gasteiger partial charge in [0.1, 0.15) is 40.0 Å². The molecular weight excluding hydrogens is 1680 g/mol. The molecule has 126 heavy (non-hydrogen) atoms. The number of ketones is 1. The number of Topliss-reactive ketones (excluding diaryl/α,β-unsaturated/α-hetero) is 1. The molecule has 3 amide bonds. The second-order valence-corrected chi connectivity index (χ2v) is 31.7. The first-order chi connectivity index (χ1) is 60.4. The normalized spacial score (nSPS) is 13.7. The topological polar surface area (TPSA) is 303 Å². The molecule has 0 radical (unpaired) electrons. The first-order valence-electron chi connectivity index (χ1n) is 40.9. The monoisotopic (exact) mass is 1780 g/mol. The van der Waals surface area contributed by atoms with Crippen molar-refractivity contribution in [2.75, 3.05) is 74.6 Å². The van der Waals surface area contributed by atoms with Crippen LogP contribution in [-0.2, 0) is 88.6 Å². The highest BCUT2D eigenvalue weighted by atomic mass is 35.5. The Balaban J connectivity index is 0.000000179. The number of ether oxygens (including phenoxy) is 4. The molecule has 0 fully saturated rings. The molecule has 4 aliphatic rings. The molecule has 0 bridgehead atoms. The van der Waals surface area contributed by atoms with Gasteiger partial charge in [-0.3, -0.25) is 19.2 Å². The second kappa shape index (κ2) is 41.3. The predicted molar refractivity (Wildman–Crippen MR) is 474 cm³/mol. The Kier molecular flexibility index (Phi) is 30.3. The third-order valence-corrected chi connectivity index (χ3v) is 23.2. The van der Waals surface area contributed by atoms with E-state index in [1.165, 1.54) is 33.1 Å². The molecule has 0 aliphatic carbocycles. The van der Waals surface area contributed by atoms with Crippen LogP contribution >= 0.6 is 34.8 Å². The Labute approximate surface area is 742 Å². The minimum atomic E-state index is -4.84. The third-order valence-electron chi connectivity index (χ3n) is 22.2. The van der Waals surface area contributed by atoms with Crippen LogP contribution in [0.5, 0.6) is 0 Å². The summed E-state index contributed by atoms with van der Waals surface area (Å²) in [6, 6.07) is 50.4. The third kappa shape index (κ3) is 21.6. The molecule has 0 unspecified atom stereocenters. The summed E-state index contributed by atoms with van der Waals surface area (Å²) in [7, 11) is 5.28. The number of amides is 3. The Morgan fingerprint density at radius 1 is 0.397 bits per heavy atom. The van der Waals surface area contributed by atoms with Crippen LogP contribution in [0.25, 0.3) is 0 Å². The molecule has 4 aromatic heterocycles. The number of methoxy groups -OCH3 is 4. The number of nitrogens with zero attached hydrogens (tertiary/aromatic N) is 11. The Morgan fingerprint density at radius 3 is 1.05 bits per heavy atom. The molecule has 4 atom stereocenters. The highest BCUT2D eigenvalue weighted by Crippen LogP contribution is 2.41. The van der Waals surface area contributed by atoms with Gasteiger partial charge in [-0.05, 0) is 152 Å². The number of hydrogen-bond donors (Lipinski definition) is 4. The summed E-state index contributed by atoms with van der Waals surface area (Å²) < 4.78 is 69.0. The van der Waals surface area contributed by atoms with Gasteiger partial charge in [-0.2, -0.15) is 33.6 Å².